The van der Waals surface area contributed by atoms with E-state index in [1.165, 1.54) is 0 Å². The maximum atomic E-state index is 9.89. The van der Waals surface area contributed by atoms with Crippen molar-refractivity contribution in [1.29, 1.82) is 0 Å². The summed E-state index contributed by atoms with van der Waals surface area (Å²) >= 11 is 0. The van der Waals surface area contributed by atoms with Crippen LogP contribution in [0.4, 0.5) is 0 Å². The van der Waals surface area contributed by atoms with E-state index >= 15 is 0 Å². The zero-order chi connectivity index (χ0) is 11.6. The van der Waals surface area contributed by atoms with E-state index in [1.807, 2.05) is 0 Å². The Morgan fingerprint density at radius 2 is 2.06 bits per heavy atom. The van der Waals surface area contributed by atoms with Gasteiger partial charge >= 0.3 is 0 Å². The molecule has 1 spiro atoms. The molecule has 0 saturated carbocycles. The number of hydrogen-bond acceptors (Lipinski definition) is 4. The van der Waals surface area contributed by atoms with Crippen molar-refractivity contribution in [3.05, 3.63) is 0 Å². The summed E-state index contributed by atoms with van der Waals surface area (Å²) in [6.45, 7) is 3.28. The van der Waals surface area contributed by atoms with Crippen LogP contribution >= 0.6 is 0 Å². The number of aliphatic hydroxyl groups excluding tert-OH is 2. The van der Waals surface area contributed by atoms with Gasteiger partial charge in [-0.2, -0.15) is 0 Å². The van der Waals surface area contributed by atoms with Crippen LogP contribution in [0, 0.1) is 11.8 Å². The smallest absolute Gasteiger partial charge is 0.170 e. The summed E-state index contributed by atoms with van der Waals surface area (Å²) in [6, 6.07) is 0. The first kappa shape index (κ1) is 12.3. The monoisotopic (exact) mass is 230 g/mol. The quantitative estimate of drug-likeness (QED) is 0.740. The van der Waals surface area contributed by atoms with Crippen molar-refractivity contribution in [2.45, 2.75) is 44.5 Å². The van der Waals surface area contributed by atoms with E-state index in [0.717, 1.165) is 25.9 Å². The first-order valence-corrected chi connectivity index (χ1v) is 6.26. The Kier molecular flexibility index (Phi) is 3.85. The Balaban J connectivity index is 1.91. The lowest BCUT2D eigenvalue weighted by Gasteiger charge is -2.45. The molecule has 2 aliphatic rings. The van der Waals surface area contributed by atoms with Gasteiger partial charge in [0.2, 0.25) is 0 Å². The fraction of sp³-hybridized carbons (Fsp3) is 1.00. The molecule has 4 atom stereocenters. The molecule has 2 fully saturated rings. The minimum Gasteiger partial charge on any atom is -0.396 e. The molecule has 4 unspecified atom stereocenters. The molecule has 2 aliphatic heterocycles. The van der Waals surface area contributed by atoms with Crippen LogP contribution in [0.3, 0.4) is 0 Å². The van der Waals surface area contributed by atoms with Crippen LogP contribution in [0.15, 0.2) is 0 Å². The summed E-state index contributed by atoms with van der Waals surface area (Å²) in [5, 5.41) is 18.9. The summed E-state index contributed by atoms with van der Waals surface area (Å²) in [6.07, 6.45) is 3.09. The predicted octanol–water partition coefficient (Wildman–Crippen LogP) is 0.909. The molecular weight excluding hydrogens is 208 g/mol. The lowest BCUT2D eigenvalue weighted by atomic mass is 9.86. The minimum atomic E-state index is -0.573. The molecule has 4 nitrogen and oxygen atoms in total. The topological polar surface area (TPSA) is 58.9 Å². The molecule has 94 valence electrons. The van der Waals surface area contributed by atoms with Gasteiger partial charge in [0.1, 0.15) is 0 Å². The van der Waals surface area contributed by atoms with Crippen molar-refractivity contribution in [1.82, 2.24) is 0 Å². The maximum absolute atomic E-state index is 9.89. The Morgan fingerprint density at radius 3 is 2.56 bits per heavy atom. The largest absolute Gasteiger partial charge is 0.396 e. The number of hydrogen-bond donors (Lipinski definition) is 2. The molecule has 0 aromatic carbocycles. The Bertz CT molecular complexity index is 218. The molecule has 4 heteroatoms. The minimum absolute atomic E-state index is 0.0190. The summed E-state index contributed by atoms with van der Waals surface area (Å²) in [5.41, 5.74) is 0. The van der Waals surface area contributed by atoms with E-state index in [-0.39, 0.29) is 12.5 Å². The Morgan fingerprint density at radius 1 is 1.31 bits per heavy atom. The fourth-order valence-corrected chi connectivity index (χ4v) is 2.53. The average molecular weight is 230 g/mol. The highest BCUT2D eigenvalue weighted by Gasteiger charge is 2.44. The van der Waals surface area contributed by atoms with E-state index in [1.54, 1.807) is 0 Å². The lowest BCUT2D eigenvalue weighted by Crippen LogP contribution is -2.51. The number of aliphatic hydroxyl groups is 2. The standard InChI is InChI=1S/C12H22O4/c1-2-9-3-4-12(15-7-9)5-11(14)10(6-13)8-16-12/h9-11,13-14H,2-8H2,1H3. The van der Waals surface area contributed by atoms with E-state index in [9.17, 15) is 5.11 Å². The first-order valence-electron chi connectivity index (χ1n) is 6.26. The van der Waals surface area contributed by atoms with Gasteiger partial charge in [-0.1, -0.05) is 13.3 Å². The number of rotatable bonds is 2. The molecule has 0 aromatic rings. The zero-order valence-electron chi connectivity index (χ0n) is 9.89. The molecule has 0 aromatic heterocycles. The molecule has 2 heterocycles. The van der Waals surface area contributed by atoms with Crippen molar-refractivity contribution >= 4 is 0 Å². The average Bonchev–Trinajstić information content (AvgIpc) is 2.30. The molecule has 0 bridgehead atoms. The molecular formula is C12H22O4. The van der Waals surface area contributed by atoms with Crippen LogP contribution in [0.5, 0.6) is 0 Å². The van der Waals surface area contributed by atoms with Crippen LogP contribution in [0.1, 0.15) is 32.6 Å². The van der Waals surface area contributed by atoms with Gasteiger partial charge in [-0.05, 0) is 12.3 Å². The second-order valence-corrected chi connectivity index (χ2v) is 5.06. The second-order valence-electron chi connectivity index (χ2n) is 5.06. The Hall–Kier alpha value is -0.160. The SMILES string of the molecule is CCC1CCC2(CC(O)C(CO)CO2)OC1. The number of ether oxygens (including phenoxy) is 2. The highest BCUT2D eigenvalue weighted by Crippen LogP contribution is 2.38. The van der Waals surface area contributed by atoms with E-state index in [2.05, 4.69) is 6.92 Å². The summed E-state index contributed by atoms with van der Waals surface area (Å²) < 4.78 is 11.5. The Labute approximate surface area is 96.6 Å². The molecule has 0 radical (unpaired) electrons. The third kappa shape index (κ3) is 2.40. The fourth-order valence-electron chi connectivity index (χ4n) is 2.53. The maximum Gasteiger partial charge on any atom is 0.170 e. The molecule has 0 amide bonds. The van der Waals surface area contributed by atoms with Gasteiger partial charge in [-0.15, -0.1) is 0 Å². The van der Waals surface area contributed by atoms with Crippen molar-refractivity contribution in [2.24, 2.45) is 11.8 Å². The van der Waals surface area contributed by atoms with Crippen LogP contribution in [-0.4, -0.2) is 41.9 Å². The van der Waals surface area contributed by atoms with E-state index in [0.29, 0.717) is 18.9 Å². The van der Waals surface area contributed by atoms with Crippen molar-refractivity contribution in [3.63, 3.8) is 0 Å². The zero-order valence-corrected chi connectivity index (χ0v) is 9.89. The van der Waals surface area contributed by atoms with Crippen LogP contribution < -0.4 is 0 Å². The predicted molar refractivity (Wildman–Crippen MR) is 58.8 cm³/mol. The molecule has 2 N–H and O–H groups in total. The highest BCUT2D eigenvalue weighted by atomic mass is 16.7. The highest BCUT2D eigenvalue weighted by molar-refractivity contribution is 4.87. The molecule has 2 rings (SSSR count). The van der Waals surface area contributed by atoms with E-state index < -0.39 is 11.9 Å². The second kappa shape index (κ2) is 5.00. The summed E-state index contributed by atoms with van der Waals surface area (Å²) in [5.74, 6) is -0.100. The lowest BCUT2D eigenvalue weighted by molar-refractivity contribution is -0.307. The van der Waals surface area contributed by atoms with Gasteiger partial charge in [-0.25, -0.2) is 0 Å². The van der Waals surface area contributed by atoms with Crippen molar-refractivity contribution in [2.75, 3.05) is 19.8 Å². The van der Waals surface area contributed by atoms with Crippen molar-refractivity contribution in [3.8, 4) is 0 Å². The third-order valence-electron chi connectivity index (χ3n) is 3.95. The van der Waals surface area contributed by atoms with Crippen LogP contribution in [0.2, 0.25) is 0 Å². The van der Waals surface area contributed by atoms with E-state index in [4.69, 9.17) is 14.6 Å². The van der Waals surface area contributed by atoms with Gasteiger partial charge in [0, 0.05) is 18.8 Å². The van der Waals surface area contributed by atoms with Gasteiger partial charge in [-0.3, -0.25) is 0 Å². The molecule has 16 heavy (non-hydrogen) atoms. The molecule has 2 saturated heterocycles. The van der Waals surface area contributed by atoms with Crippen molar-refractivity contribution < 1.29 is 19.7 Å². The molecule has 0 aliphatic carbocycles. The van der Waals surface area contributed by atoms with Gasteiger partial charge in [0.05, 0.1) is 25.9 Å². The normalized spacial score (nSPS) is 44.8. The van der Waals surface area contributed by atoms with Crippen LogP contribution in [-0.2, 0) is 9.47 Å². The van der Waals surface area contributed by atoms with Gasteiger partial charge in [0.25, 0.3) is 0 Å². The van der Waals surface area contributed by atoms with Gasteiger partial charge in [0.15, 0.2) is 5.79 Å². The third-order valence-corrected chi connectivity index (χ3v) is 3.95. The van der Waals surface area contributed by atoms with Crippen LogP contribution in [0.25, 0.3) is 0 Å². The first-order chi connectivity index (χ1) is 7.69. The summed E-state index contributed by atoms with van der Waals surface area (Å²) in [4.78, 5) is 0. The van der Waals surface area contributed by atoms with Gasteiger partial charge < -0.3 is 19.7 Å². The summed E-state index contributed by atoms with van der Waals surface area (Å²) in [7, 11) is 0.